The molecule has 0 fully saturated rings. The quantitative estimate of drug-likeness (QED) is 0.0133. The lowest BCUT2D eigenvalue weighted by molar-refractivity contribution is -0.142. The van der Waals surface area contributed by atoms with Crippen LogP contribution < -0.4 is 59.2 Å². The molecule has 92 heavy (non-hydrogen) atoms. The first-order chi connectivity index (χ1) is 44.9. The maximum Gasteiger partial charge on any atom is 0.302 e. The lowest BCUT2D eigenvalue weighted by atomic mass is 9.74. The van der Waals surface area contributed by atoms with Crippen LogP contribution >= 0.6 is 0 Å². The van der Waals surface area contributed by atoms with E-state index in [1.54, 1.807) is 0 Å². The molecule has 0 unspecified atom stereocenters. The third kappa shape index (κ3) is 17.0. The van der Waals surface area contributed by atoms with Gasteiger partial charge in [0, 0.05) is 148 Å². The first-order valence-corrected chi connectivity index (χ1v) is 32.5. The molecule has 24 heteroatoms. The second kappa shape index (κ2) is 34.7. The van der Waals surface area contributed by atoms with E-state index < -0.39 is 47.5 Å². The second-order valence-electron chi connectivity index (χ2n) is 23.5. The normalized spacial score (nSPS) is 17.0. The number of ether oxygens (including phenoxy) is 12. The van der Waals surface area contributed by atoms with E-state index in [0.29, 0.717) is 171 Å². The van der Waals surface area contributed by atoms with E-state index in [1.807, 2.05) is 0 Å². The minimum Gasteiger partial charge on any atom is -0.466 e. The molecule has 0 amide bonds. The summed E-state index contributed by atoms with van der Waals surface area (Å²) in [4.78, 5) is 50.1. The van der Waals surface area contributed by atoms with Crippen LogP contribution in [0.15, 0.2) is 24.3 Å². The maximum atomic E-state index is 12.5. The summed E-state index contributed by atoms with van der Waals surface area (Å²) in [5.41, 5.74) is 8.91. The van der Waals surface area contributed by atoms with E-state index >= 15 is 0 Å². The van der Waals surface area contributed by atoms with Crippen molar-refractivity contribution in [2.45, 2.75) is 155 Å². The Labute approximate surface area is 537 Å². The van der Waals surface area contributed by atoms with Gasteiger partial charge in [-0.15, -0.1) is 0 Å². The van der Waals surface area contributed by atoms with E-state index in [1.165, 1.54) is 27.7 Å². The SMILES string of the molecule is CC(=O)OCCCC1c2cc3c4c(CNCCCO)c2OCOc2c1cc1c(c2CNCCCO)OCOc2c(cc5c(c2CNCCCO)OCOc2c(cc(c(c2CNCCCO)OCO4)C3CCCOC(C)=O)C5CCCOC(C)=O)C1CCCOC(C)=O. The molecule has 8 N–H and O–H groups in total. The van der Waals surface area contributed by atoms with Crippen molar-refractivity contribution >= 4 is 23.9 Å². The molecule has 24 nitrogen and oxygen atoms in total. The number of aliphatic hydroxyl groups excluding tert-OH is 4. The zero-order valence-electron chi connectivity index (χ0n) is 53.6. The molecule has 0 saturated carbocycles. The topological polar surface area (TPSA) is 308 Å². The smallest absolute Gasteiger partial charge is 0.302 e. The van der Waals surface area contributed by atoms with Crippen molar-refractivity contribution < 1.29 is 96.4 Å². The molecule has 0 spiro atoms. The summed E-state index contributed by atoms with van der Waals surface area (Å²) in [6.45, 7) is 7.32. The van der Waals surface area contributed by atoms with Crippen LogP contribution in [0.1, 0.15) is 195 Å². The van der Waals surface area contributed by atoms with Crippen LogP contribution in [0, 0.1) is 0 Å². The number of nitrogens with one attached hydrogen (secondary N) is 4. The number of esters is 4. The highest BCUT2D eigenvalue weighted by molar-refractivity contribution is 5.71. The molecule has 8 bridgehead atoms. The fourth-order valence-electron chi connectivity index (χ4n) is 13.3. The predicted molar refractivity (Wildman–Crippen MR) is 335 cm³/mol. The first kappa shape index (κ1) is 69.2. The van der Waals surface area contributed by atoms with Gasteiger partial charge in [0.2, 0.25) is 27.2 Å². The number of benzene rings is 4. The Morgan fingerprint density at radius 3 is 0.685 bits per heavy atom. The molecule has 4 aromatic rings. The molecular formula is C68H92N4O20. The Morgan fingerprint density at radius 2 is 0.522 bits per heavy atom. The fourth-order valence-corrected chi connectivity index (χ4v) is 13.3. The summed E-state index contributed by atoms with van der Waals surface area (Å²) in [5.74, 6) is -0.00378. The molecule has 4 aliphatic heterocycles. The van der Waals surface area contributed by atoms with Crippen molar-refractivity contribution in [2.75, 3.05) is 106 Å². The lowest BCUT2D eigenvalue weighted by Crippen LogP contribution is -2.28. The van der Waals surface area contributed by atoms with Gasteiger partial charge in [0.1, 0.15) is 46.0 Å². The van der Waals surface area contributed by atoms with Crippen LogP contribution in [0.2, 0.25) is 0 Å². The number of aliphatic hydroxyl groups is 4. The molecule has 0 aromatic heterocycles. The van der Waals surface area contributed by atoms with E-state index in [-0.39, 0.29) is 106 Å². The standard InChI is InChI=1S/C68H92N4O20/c1-41(77)81-25-5-13-45-49-29-51-46(14-6-26-82-42(2)78)53-31-55-48(16-8-28-84-44(4)80)56-32-54-47(15-7-27-83-43(3)79)52-30-50(45)62-58(34-70-18-10-22-74)64(52)88-39-90-66(54)60(36-72-20-12-24-76)68(56)92-40-91-67(55)59(35-71-19-11-23-75)65(53)89-38-87-63(51)57(33-69-17-9-21-73)61(49)85-37-86-62/h29-32,45-48,69-76H,5-28,33-40H2,1-4H3. The van der Waals surface area contributed by atoms with Crippen molar-refractivity contribution in [3.63, 3.8) is 0 Å². The fraction of sp³-hybridized carbons (Fsp3) is 0.588. The van der Waals surface area contributed by atoms with Gasteiger partial charge in [0.25, 0.3) is 0 Å². The molecular weight excluding hydrogens is 1190 g/mol. The van der Waals surface area contributed by atoms with Gasteiger partial charge < -0.3 is 98.5 Å². The van der Waals surface area contributed by atoms with Gasteiger partial charge in [-0.05, 0) is 127 Å². The highest BCUT2D eigenvalue weighted by Gasteiger charge is 2.42. The van der Waals surface area contributed by atoms with Crippen molar-refractivity contribution in [1.82, 2.24) is 21.3 Å². The van der Waals surface area contributed by atoms with E-state index in [4.69, 9.17) is 56.8 Å². The van der Waals surface area contributed by atoms with Gasteiger partial charge >= 0.3 is 23.9 Å². The Kier molecular flexibility index (Phi) is 26.1. The van der Waals surface area contributed by atoms with Gasteiger partial charge in [-0.2, -0.15) is 0 Å². The van der Waals surface area contributed by atoms with Gasteiger partial charge in [-0.25, -0.2) is 0 Å². The van der Waals surface area contributed by atoms with Crippen LogP contribution in [-0.4, -0.2) is 151 Å². The largest absolute Gasteiger partial charge is 0.466 e. The number of hydrogen-bond acceptors (Lipinski definition) is 24. The molecule has 0 radical (unpaired) electrons. The minimum absolute atomic E-state index is 0.0469. The minimum atomic E-state index is -0.570. The Bertz CT molecular complexity index is 2640. The first-order valence-electron chi connectivity index (χ1n) is 32.5. The van der Waals surface area contributed by atoms with Crippen molar-refractivity contribution in [1.29, 1.82) is 0 Å². The van der Waals surface area contributed by atoms with Crippen LogP contribution in [0.25, 0.3) is 0 Å². The maximum absolute atomic E-state index is 12.5. The summed E-state index contributed by atoms with van der Waals surface area (Å²) < 4.78 is 78.8. The van der Waals surface area contributed by atoms with E-state index in [2.05, 4.69) is 45.5 Å². The Hall–Kier alpha value is -7.16. The molecule has 0 saturated heterocycles. The Balaban J connectivity index is 1.48. The van der Waals surface area contributed by atoms with Crippen molar-refractivity contribution in [2.24, 2.45) is 0 Å². The van der Waals surface area contributed by atoms with E-state index in [0.717, 1.165) is 44.5 Å². The number of carbonyl (C=O) groups excluding carboxylic acids is 4. The van der Waals surface area contributed by atoms with Crippen LogP contribution in [0.5, 0.6) is 46.0 Å². The van der Waals surface area contributed by atoms with Crippen LogP contribution in [0.3, 0.4) is 0 Å². The summed E-state index contributed by atoms with van der Waals surface area (Å²) in [7, 11) is 0. The molecule has 0 atom stereocenters. The average molecular weight is 1290 g/mol. The average Bonchev–Trinajstić information content (AvgIpc) is 0.729. The van der Waals surface area contributed by atoms with E-state index in [9.17, 15) is 39.6 Å². The third-order valence-electron chi connectivity index (χ3n) is 17.2. The predicted octanol–water partition coefficient (Wildman–Crippen LogP) is 6.70. The van der Waals surface area contributed by atoms with Crippen LogP contribution in [0.4, 0.5) is 0 Å². The highest BCUT2D eigenvalue weighted by Crippen LogP contribution is 2.58. The molecule has 4 heterocycles. The number of hydrogen-bond donors (Lipinski definition) is 8. The molecule has 1 aliphatic carbocycles. The molecule has 5 aliphatic rings. The monoisotopic (exact) mass is 1280 g/mol. The summed E-state index contributed by atoms with van der Waals surface area (Å²) in [6, 6.07) is 8.64. The summed E-state index contributed by atoms with van der Waals surface area (Å²) in [5, 5.41) is 54.4. The highest BCUT2D eigenvalue weighted by atomic mass is 16.7. The Morgan fingerprint density at radius 1 is 0.337 bits per heavy atom. The van der Waals surface area contributed by atoms with Gasteiger partial charge in [-0.1, -0.05) is 0 Å². The zero-order chi connectivity index (χ0) is 64.9. The second-order valence-corrected chi connectivity index (χ2v) is 23.5. The van der Waals surface area contributed by atoms with Crippen molar-refractivity contribution in [3.8, 4) is 46.0 Å². The van der Waals surface area contributed by atoms with Gasteiger partial charge in [-0.3, -0.25) is 19.2 Å². The number of carbonyl (C=O) groups is 4. The van der Waals surface area contributed by atoms with Crippen molar-refractivity contribution in [3.05, 3.63) is 91.0 Å². The number of rotatable bonds is 36. The summed E-state index contributed by atoms with van der Waals surface area (Å²) >= 11 is 0. The zero-order valence-corrected chi connectivity index (χ0v) is 53.6. The molecule has 9 rings (SSSR count). The lowest BCUT2D eigenvalue weighted by Gasteiger charge is -2.38. The van der Waals surface area contributed by atoms with Gasteiger partial charge in [0.15, 0.2) is 0 Å². The summed E-state index contributed by atoms with van der Waals surface area (Å²) in [6.07, 6.45) is 5.06. The molecule has 4 aromatic carbocycles. The van der Waals surface area contributed by atoms with Gasteiger partial charge in [0.05, 0.1) is 48.7 Å². The molecule has 504 valence electrons. The third-order valence-corrected chi connectivity index (χ3v) is 17.2. The van der Waals surface area contributed by atoms with Crippen LogP contribution in [-0.2, 0) is 64.3 Å².